The molecule has 0 spiro atoms. The van der Waals surface area contributed by atoms with E-state index >= 15 is 0 Å². The highest BCUT2D eigenvalue weighted by molar-refractivity contribution is 7.80. The molecule has 0 bridgehead atoms. The van der Waals surface area contributed by atoms with E-state index in [9.17, 15) is 14.4 Å². The number of primary amides is 1. The van der Waals surface area contributed by atoms with Crippen molar-refractivity contribution in [3.8, 4) is 11.5 Å². The Balaban J connectivity index is 2.30. The minimum Gasteiger partial charge on any atom is -0.490 e. The molecule has 1 aromatic rings. The summed E-state index contributed by atoms with van der Waals surface area (Å²) in [4.78, 5) is 34.5. The summed E-state index contributed by atoms with van der Waals surface area (Å²) in [6, 6.07) is 4.75. The molecular formula is C15H15N3O5S. The second-order valence-electron chi connectivity index (χ2n) is 4.69. The minimum absolute atomic E-state index is 0.0349. The predicted octanol–water partition coefficient (Wildman–Crippen LogP) is -0.136. The lowest BCUT2D eigenvalue weighted by Gasteiger charge is -2.16. The number of hydrogen-bond acceptors (Lipinski definition) is 6. The van der Waals surface area contributed by atoms with E-state index in [1.165, 1.54) is 6.08 Å². The quantitative estimate of drug-likeness (QED) is 0.374. The van der Waals surface area contributed by atoms with Gasteiger partial charge < -0.3 is 15.2 Å². The van der Waals surface area contributed by atoms with Crippen molar-refractivity contribution in [3.63, 3.8) is 0 Å². The fourth-order valence-electron chi connectivity index (χ4n) is 1.92. The summed E-state index contributed by atoms with van der Waals surface area (Å²) >= 11 is 4.73. The lowest BCUT2D eigenvalue weighted by molar-refractivity contribution is -0.123. The molecule has 0 unspecified atom stereocenters. The number of nitrogens with one attached hydrogen (secondary N) is 2. The third-order valence-electron chi connectivity index (χ3n) is 2.89. The fourth-order valence-corrected chi connectivity index (χ4v) is 2.11. The van der Waals surface area contributed by atoms with Gasteiger partial charge in [-0.1, -0.05) is 6.07 Å². The van der Waals surface area contributed by atoms with Crippen LogP contribution in [0.25, 0.3) is 6.08 Å². The van der Waals surface area contributed by atoms with Crippen LogP contribution < -0.4 is 25.8 Å². The Hall–Kier alpha value is -2.94. The third-order valence-corrected chi connectivity index (χ3v) is 3.10. The fraction of sp³-hybridized carbons (Fsp3) is 0.200. The van der Waals surface area contributed by atoms with Gasteiger partial charge in [0, 0.05) is 0 Å². The Morgan fingerprint density at radius 1 is 1.21 bits per heavy atom. The molecule has 4 N–H and O–H groups in total. The number of nitrogens with two attached hydrogens (primary N) is 1. The predicted molar refractivity (Wildman–Crippen MR) is 89.2 cm³/mol. The maximum Gasteiger partial charge on any atom is 0.263 e. The molecule has 8 nitrogen and oxygen atoms in total. The number of amides is 3. The van der Waals surface area contributed by atoms with E-state index in [1.54, 1.807) is 25.1 Å². The van der Waals surface area contributed by atoms with Crippen molar-refractivity contribution in [1.82, 2.24) is 10.6 Å². The van der Waals surface area contributed by atoms with Gasteiger partial charge >= 0.3 is 0 Å². The molecule has 1 fully saturated rings. The maximum absolute atomic E-state index is 11.8. The SMILES string of the molecule is CCOc1cc(C=C2C(=O)NC(=S)NC2=O)ccc1OCC(N)=O. The molecule has 0 radical (unpaired) electrons. The molecular weight excluding hydrogens is 334 g/mol. The number of benzene rings is 1. The Morgan fingerprint density at radius 2 is 1.88 bits per heavy atom. The maximum atomic E-state index is 11.8. The van der Waals surface area contributed by atoms with Gasteiger partial charge in [-0.3, -0.25) is 25.0 Å². The van der Waals surface area contributed by atoms with Gasteiger partial charge in [-0.2, -0.15) is 0 Å². The first-order valence-corrected chi connectivity index (χ1v) is 7.38. The molecule has 0 aromatic heterocycles. The molecule has 3 amide bonds. The highest BCUT2D eigenvalue weighted by Crippen LogP contribution is 2.29. The van der Waals surface area contributed by atoms with Gasteiger partial charge in [0.25, 0.3) is 17.7 Å². The van der Waals surface area contributed by atoms with Crippen LogP contribution in [0.3, 0.4) is 0 Å². The molecule has 9 heteroatoms. The van der Waals surface area contributed by atoms with Gasteiger partial charge in [-0.05, 0) is 42.9 Å². The second kappa shape index (κ2) is 7.55. The first-order valence-electron chi connectivity index (χ1n) is 6.97. The lowest BCUT2D eigenvalue weighted by Crippen LogP contribution is -2.51. The molecule has 0 saturated carbocycles. The van der Waals surface area contributed by atoms with Gasteiger partial charge in [0.15, 0.2) is 23.2 Å². The van der Waals surface area contributed by atoms with Crippen molar-refractivity contribution >= 4 is 41.1 Å². The molecule has 24 heavy (non-hydrogen) atoms. The monoisotopic (exact) mass is 349 g/mol. The molecule has 1 saturated heterocycles. The summed E-state index contributed by atoms with van der Waals surface area (Å²) in [6.07, 6.45) is 1.40. The number of carbonyl (C=O) groups is 3. The van der Waals surface area contributed by atoms with Crippen molar-refractivity contribution in [1.29, 1.82) is 0 Å². The summed E-state index contributed by atoms with van der Waals surface area (Å²) in [7, 11) is 0. The normalized spacial score (nSPS) is 13.9. The zero-order valence-corrected chi connectivity index (χ0v) is 13.6. The standard InChI is InChI=1S/C15H15N3O5S/c1-2-22-11-6-8(3-4-10(11)23-7-12(16)19)5-9-13(20)17-15(24)18-14(9)21/h3-6H,2,7H2,1H3,(H2,16,19)(H2,17,18,20,21,24). The van der Waals surface area contributed by atoms with Crippen LogP contribution in [0, 0.1) is 0 Å². The van der Waals surface area contributed by atoms with Crippen LogP contribution >= 0.6 is 12.2 Å². The van der Waals surface area contributed by atoms with Crippen LogP contribution in [0.15, 0.2) is 23.8 Å². The minimum atomic E-state index is -0.616. The molecule has 126 valence electrons. The number of hydrogen-bond donors (Lipinski definition) is 3. The van der Waals surface area contributed by atoms with Crippen molar-refractivity contribution in [2.45, 2.75) is 6.92 Å². The number of thiocarbonyl (C=S) groups is 1. The van der Waals surface area contributed by atoms with Gasteiger partial charge in [-0.25, -0.2) is 0 Å². The van der Waals surface area contributed by atoms with E-state index in [4.69, 9.17) is 27.4 Å². The number of carbonyl (C=O) groups excluding carboxylic acids is 3. The van der Waals surface area contributed by atoms with Crippen molar-refractivity contribution < 1.29 is 23.9 Å². The zero-order valence-electron chi connectivity index (χ0n) is 12.8. The first kappa shape index (κ1) is 17.4. The number of ether oxygens (including phenoxy) is 2. The van der Waals surface area contributed by atoms with E-state index in [0.717, 1.165) is 0 Å². The molecule has 1 aliphatic heterocycles. The molecule has 2 rings (SSSR count). The average Bonchev–Trinajstić information content (AvgIpc) is 2.50. The topological polar surface area (TPSA) is 120 Å². The van der Waals surface area contributed by atoms with Crippen LogP contribution in [0.5, 0.6) is 11.5 Å². The van der Waals surface area contributed by atoms with Crippen LogP contribution in [-0.4, -0.2) is 36.0 Å². The van der Waals surface area contributed by atoms with E-state index in [2.05, 4.69) is 10.6 Å². The van der Waals surface area contributed by atoms with E-state index in [0.29, 0.717) is 23.7 Å². The summed E-state index contributed by atoms with van der Waals surface area (Å²) in [5, 5.41) is 4.66. The molecule has 0 aliphatic carbocycles. The second-order valence-corrected chi connectivity index (χ2v) is 5.10. The highest BCUT2D eigenvalue weighted by atomic mass is 32.1. The Labute approximate surface area is 143 Å². The number of rotatable bonds is 6. The van der Waals surface area contributed by atoms with Gasteiger partial charge in [0.1, 0.15) is 5.57 Å². The van der Waals surface area contributed by atoms with Crippen LogP contribution in [0.4, 0.5) is 0 Å². The summed E-state index contributed by atoms with van der Waals surface area (Å²) in [5.41, 5.74) is 5.50. The van der Waals surface area contributed by atoms with Gasteiger partial charge in [0.05, 0.1) is 6.61 Å². The van der Waals surface area contributed by atoms with E-state index < -0.39 is 17.7 Å². The van der Waals surface area contributed by atoms with E-state index in [-0.39, 0.29) is 17.3 Å². The van der Waals surface area contributed by atoms with Crippen molar-refractivity contribution in [2.75, 3.05) is 13.2 Å². The Morgan fingerprint density at radius 3 is 2.46 bits per heavy atom. The van der Waals surface area contributed by atoms with Gasteiger partial charge in [-0.15, -0.1) is 0 Å². The summed E-state index contributed by atoms with van der Waals surface area (Å²) < 4.78 is 10.7. The van der Waals surface area contributed by atoms with E-state index in [1.807, 2.05) is 0 Å². The smallest absolute Gasteiger partial charge is 0.263 e. The first-order chi connectivity index (χ1) is 11.4. The molecule has 1 aliphatic rings. The summed E-state index contributed by atoms with van der Waals surface area (Å²) in [5.74, 6) is -1.10. The van der Waals surface area contributed by atoms with Crippen LogP contribution in [-0.2, 0) is 14.4 Å². The third kappa shape index (κ3) is 4.29. The molecule has 0 atom stereocenters. The molecule has 1 aromatic carbocycles. The largest absolute Gasteiger partial charge is 0.490 e. The molecule has 1 heterocycles. The average molecular weight is 349 g/mol. The zero-order chi connectivity index (χ0) is 17.7. The van der Waals surface area contributed by atoms with Gasteiger partial charge in [0.2, 0.25) is 0 Å². The lowest BCUT2D eigenvalue weighted by atomic mass is 10.1. The summed E-state index contributed by atoms with van der Waals surface area (Å²) in [6.45, 7) is 1.86. The van der Waals surface area contributed by atoms with Crippen LogP contribution in [0.2, 0.25) is 0 Å². The Bertz CT molecular complexity index is 723. The van der Waals surface area contributed by atoms with Crippen molar-refractivity contribution in [3.05, 3.63) is 29.3 Å². The van der Waals surface area contributed by atoms with Crippen molar-refractivity contribution in [2.24, 2.45) is 5.73 Å². The highest BCUT2D eigenvalue weighted by Gasteiger charge is 2.25. The van der Waals surface area contributed by atoms with Crippen LogP contribution in [0.1, 0.15) is 12.5 Å². The Kier molecular flexibility index (Phi) is 5.48.